The van der Waals surface area contributed by atoms with E-state index < -0.39 is 0 Å². The molecule has 124 valence electrons. The molecule has 0 radical (unpaired) electrons. The zero-order chi connectivity index (χ0) is 17.3. The van der Waals surface area contributed by atoms with Gasteiger partial charge in [-0.05, 0) is 54.3 Å². The second kappa shape index (κ2) is 9.30. The maximum Gasteiger partial charge on any atom is 0.105 e. The molecule has 0 atom stereocenters. The molecule has 0 amide bonds. The lowest BCUT2D eigenvalue weighted by Crippen LogP contribution is -1.94. The summed E-state index contributed by atoms with van der Waals surface area (Å²) < 4.78 is 0. The molecule has 0 saturated carbocycles. The summed E-state index contributed by atoms with van der Waals surface area (Å²) in [4.78, 5) is 7.28. The molecule has 0 saturated heterocycles. The first-order valence-corrected chi connectivity index (χ1v) is 9.76. The van der Waals surface area contributed by atoms with E-state index in [1.54, 1.807) is 23.5 Å². The molecule has 0 bridgehead atoms. The van der Waals surface area contributed by atoms with Crippen molar-refractivity contribution in [2.75, 3.05) is 0 Å². The van der Waals surface area contributed by atoms with Crippen molar-refractivity contribution >= 4 is 34.3 Å². The van der Waals surface area contributed by atoms with Crippen LogP contribution in [0.4, 0.5) is 5.69 Å². The van der Waals surface area contributed by atoms with Gasteiger partial charge in [0.25, 0.3) is 0 Å². The first kappa shape index (κ1) is 17.6. The molecule has 0 heterocycles. The minimum atomic E-state index is 0.971. The molecular weight excluding hydrogens is 342 g/mol. The Kier molecular flexibility index (Phi) is 6.55. The molecule has 0 N–H and O–H groups in total. The number of hydrogen-bond donors (Lipinski definition) is 0. The molecule has 0 aliphatic carbocycles. The predicted molar refractivity (Wildman–Crippen MR) is 112 cm³/mol. The molecule has 0 aromatic heterocycles. The van der Waals surface area contributed by atoms with Gasteiger partial charge < -0.3 is 0 Å². The van der Waals surface area contributed by atoms with Crippen molar-refractivity contribution in [2.45, 2.75) is 16.7 Å². The van der Waals surface area contributed by atoms with E-state index in [4.69, 9.17) is 4.99 Å². The Hall–Kier alpha value is -2.23. The smallest absolute Gasteiger partial charge is 0.105 e. The van der Waals surface area contributed by atoms with Crippen LogP contribution in [0.2, 0.25) is 0 Å². The standard InChI is InChI=1S/C22H19NS2/c1-18(17-24-20-13-7-3-8-14-20)22(23-19-11-5-2-6-12-19)25-21-15-9-4-10-16-21/h2-17H,1H3/b18-17+,23-22+. The van der Waals surface area contributed by atoms with Crippen molar-refractivity contribution in [2.24, 2.45) is 4.99 Å². The zero-order valence-electron chi connectivity index (χ0n) is 14.0. The van der Waals surface area contributed by atoms with E-state index in [1.165, 1.54) is 9.79 Å². The molecule has 0 spiro atoms. The summed E-state index contributed by atoms with van der Waals surface area (Å²) >= 11 is 3.42. The minimum Gasteiger partial charge on any atom is -0.241 e. The van der Waals surface area contributed by atoms with Crippen LogP contribution < -0.4 is 0 Å². The minimum absolute atomic E-state index is 0.971. The van der Waals surface area contributed by atoms with Gasteiger partial charge in [0.1, 0.15) is 5.04 Å². The molecule has 25 heavy (non-hydrogen) atoms. The van der Waals surface area contributed by atoms with E-state index >= 15 is 0 Å². The number of rotatable bonds is 5. The number of nitrogens with zero attached hydrogens (tertiary/aromatic N) is 1. The van der Waals surface area contributed by atoms with E-state index in [0.717, 1.165) is 16.3 Å². The summed E-state index contributed by atoms with van der Waals surface area (Å²) in [6.07, 6.45) is 0. The lowest BCUT2D eigenvalue weighted by Gasteiger charge is -2.08. The second-order valence-corrected chi connectivity index (χ2v) is 7.40. The average Bonchev–Trinajstić information content (AvgIpc) is 2.68. The molecule has 1 nitrogen and oxygen atoms in total. The van der Waals surface area contributed by atoms with Gasteiger partial charge in [-0.2, -0.15) is 0 Å². The molecule has 0 fully saturated rings. The number of para-hydroxylation sites is 1. The van der Waals surface area contributed by atoms with Crippen LogP contribution in [0, 0.1) is 0 Å². The topological polar surface area (TPSA) is 12.4 Å². The molecule has 3 heteroatoms. The summed E-state index contributed by atoms with van der Waals surface area (Å²) in [6, 6.07) is 30.9. The fourth-order valence-electron chi connectivity index (χ4n) is 2.12. The molecule has 0 unspecified atom stereocenters. The van der Waals surface area contributed by atoms with Gasteiger partial charge in [0, 0.05) is 9.79 Å². The maximum absolute atomic E-state index is 4.86. The average molecular weight is 362 g/mol. The summed E-state index contributed by atoms with van der Waals surface area (Å²) in [7, 11) is 0. The number of hydrogen-bond acceptors (Lipinski definition) is 3. The monoisotopic (exact) mass is 361 g/mol. The summed E-state index contributed by atoms with van der Waals surface area (Å²) in [5, 5.41) is 3.19. The highest BCUT2D eigenvalue weighted by Gasteiger charge is 2.06. The van der Waals surface area contributed by atoms with Crippen molar-refractivity contribution in [1.29, 1.82) is 0 Å². The van der Waals surface area contributed by atoms with Crippen molar-refractivity contribution in [3.05, 3.63) is 102 Å². The summed E-state index contributed by atoms with van der Waals surface area (Å²) in [5.41, 5.74) is 2.13. The van der Waals surface area contributed by atoms with Crippen LogP contribution in [0.5, 0.6) is 0 Å². The van der Waals surface area contributed by atoms with Gasteiger partial charge in [-0.1, -0.05) is 78.1 Å². The Morgan fingerprint density at radius 2 is 1.24 bits per heavy atom. The zero-order valence-corrected chi connectivity index (χ0v) is 15.6. The van der Waals surface area contributed by atoms with Crippen molar-refractivity contribution in [3.63, 3.8) is 0 Å². The van der Waals surface area contributed by atoms with Gasteiger partial charge in [-0.25, -0.2) is 4.99 Å². The lowest BCUT2D eigenvalue weighted by atomic mass is 10.3. The fourth-order valence-corrected chi connectivity index (χ4v) is 3.82. The molecule has 3 rings (SSSR count). The van der Waals surface area contributed by atoms with Gasteiger partial charge in [0.15, 0.2) is 0 Å². The van der Waals surface area contributed by atoms with Crippen molar-refractivity contribution in [3.8, 4) is 0 Å². The molecule has 0 aliphatic rings. The van der Waals surface area contributed by atoms with Crippen LogP contribution in [-0.4, -0.2) is 5.04 Å². The Morgan fingerprint density at radius 1 is 0.720 bits per heavy atom. The Morgan fingerprint density at radius 3 is 1.84 bits per heavy atom. The largest absolute Gasteiger partial charge is 0.241 e. The maximum atomic E-state index is 4.86. The second-order valence-electron chi connectivity index (χ2n) is 5.40. The third-order valence-corrected chi connectivity index (χ3v) is 5.53. The predicted octanol–water partition coefficient (Wildman–Crippen LogP) is 7.21. The number of benzene rings is 3. The van der Waals surface area contributed by atoms with Gasteiger partial charge in [-0.3, -0.25) is 0 Å². The highest BCUT2D eigenvalue weighted by atomic mass is 32.2. The Balaban J connectivity index is 1.86. The van der Waals surface area contributed by atoms with E-state index in [0.29, 0.717) is 0 Å². The SMILES string of the molecule is CC(=C\Sc1ccccc1)/C(=N\c1ccccc1)Sc1ccccc1. The van der Waals surface area contributed by atoms with Gasteiger partial charge in [0.2, 0.25) is 0 Å². The molecule has 0 aliphatic heterocycles. The van der Waals surface area contributed by atoms with E-state index in [1.807, 2.05) is 42.5 Å². The van der Waals surface area contributed by atoms with Crippen LogP contribution >= 0.6 is 23.5 Å². The first-order chi connectivity index (χ1) is 12.3. The van der Waals surface area contributed by atoms with Crippen LogP contribution in [0.3, 0.4) is 0 Å². The van der Waals surface area contributed by atoms with Crippen LogP contribution in [0.15, 0.2) is 117 Å². The summed E-state index contributed by atoms with van der Waals surface area (Å²) in [6.45, 7) is 2.12. The number of aliphatic imine (C=N–C) groups is 1. The molecular formula is C22H19NS2. The lowest BCUT2D eigenvalue weighted by molar-refractivity contribution is 1.46. The van der Waals surface area contributed by atoms with Gasteiger partial charge in [0.05, 0.1) is 5.69 Å². The van der Waals surface area contributed by atoms with Crippen molar-refractivity contribution < 1.29 is 0 Å². The van der Waals surface area contributed by atoms with Crippen molar-refractivity contribution in [1.82, 2.24) is 0 Å². The van der Waals surface area contributed by atoms with E-state index in [2.05, 4.69) is 60.9 Å². The molecule has 3 aromatic rings. The fraction of sp³-hybridized carbons (Fsp3) is 0.0455. The highest BCUT2D eigenvalue weighted by Crippen LogP contribution is 2.29. The van der Waals surface area contributed by atoms with Gasteiger partial charge in [-0.15, -0.1) is 0 Å². The quantitative estimate of drug-likeness (QED) is 0.270. The first-order valence-electron chi connectivity index (χ1n) is 8.07. The normalized spacial score (nSPS) is 12.2. The van der Waals surface area contributed by atoms with Crippen LogP contribution in [0.25, 0.3) is 0 Å². The Bertz CT molecular complexity index is 841. The Labute approximate surface area is 157 Å². The van der Waals surface area contributed by atoms with E-state index in [-0.39, 0.29) is 0 Å². The molecule has 3 aromatic carbocycles. The van der Waals surface area contributed by atoms with Crippen LogP contribution in [0.1, 0.15) is 6.92 Å². The van der Waals surface area contributed by atoms with Gasteiger partial charge >= 0.3 is 0 Å². The third-order valence-electron chi connectivity index (χ3n) is 3.40. The number of thioether (sulfide) groups is 2. The van der Waals surface area contributed by atoms with Crippen LogP contribution in [-0.2, 0) is 0 Å². The van der Waals surface area contributed by atoms with E-state index in [9.17, 15) is 0 Å². The summed E-state index contributed by atoms with van der Waals surface area (Å²) in [5.74, 6) is 0. The highest BCUT2D eigenvalue weighted by molar-refractivity contribution is 8.14. The third kappa shape index (κ3) is 5.66.